The number of benzene rings is 1. The maximum atomic E-state index is 8.99. The molecule has 22 heavy (non-hydrogen) atoms. The lowest BCUT2D eigenvalue weighted by Gasteiger charge is -2.10. The Hall–Kier alpha value is -2.37. The van der Waals surface area contributed by atoms with Crippen molar-refractivity contribution < 1.29 is 9.84 Å². The maximum Gasteiger partial charge on any atom is 0.141 e. The van der Waals surface area contributed by atoms with E-state index in [1.807, 2.05) is 43.5 Å². The molecule has 1 atom stereocenters. The highest BCUT2D eigenvalue weighted by atomic mass is 16.5. The lowest BCUT2D eigenvalue weighted by atomic mass is 10.1. The minimum absolute atomic E-state index is 0.0139. The molecule has 3 rings (SSSR count). The quantitative estimate of drug-likeness (QED) is 0.675. The van der Waals surface area contributed by atoms with Gasteiger partial charge in [0.25, 0.3) is 0 Å². The average molecular weight is 297 g/mol. The number of H-pyrrole nitrogens is 1. The fourth-order valence-corrected chi connectivity index (χ4v) is 2.46. The summed E-state index contributed by atoms with van der Waals surface area (Å²) in [5, 5.41) is 9.99. The number of aliphatic hydroxyl groups excluding tert-OH is 1. The van der Waals surface area contributed by atoms with Gasteiger partial charge in [-0.15, -0.1) is 0 Å². The van der Waals surface area contributed by atoms with Crippen LogP contribution in [0.4, 0.5) is 0 Å². The summed E-state index contributed by atoms with van der Waals surface area (Å²) in [5.74, 6) is 1.54. The van der Waals surface area contributed by atoms with Crippen LogP contribution in [0.2, 0.25) is 0 Å². The van der Waals surface area contributed by atoms with Gasteiger partial charge in [0, 0.05) is 18.4 Å². The van der Waals surface area contributed by atoms with E-state index < -0.39 is 0 Å². The molecule has 5 nitrogen and oxygen atoms in total. The molecule has 3 aromatic rings. The Kier molecular flexibility index (Phi) is 4.09. The molecule has 0 spiro atoms. The molecular weight excluding hydrogens is 278 g/mol. The van der Waals surface area contributed by atoms with Gasteiger partial charge >= 0.3 is 0 Å². The van der Waals surface area contributed by atoms with Gasteiger partial charge in [0.2, 0.25) is 0 Å². The summed E-state index contributed by atoms with van der Waals surface area (Å²) < 4.78 is 5.98. The molecule has 4 N–H and O–H groups in total. The Morgan fingerprint density at radius 1 is 1.27 bits per heavy atom. The number of pyridine rings is 1. The van der Waals surface area contributed by atoms with Crippen molar-refractivity contribution in [3.63, 3.8) is 0 Å². The minimum Gasteiger partial charge on any atom is -0.457 e. The number of aliphatic hydroxyl groups is 1. The van der Waals surface area contributed by atoms with Gasteiger partial charge in [0.15, 0.2) is 0 Å². The van der Waals surface area contributed by atoms with Crippen molar-refractivity contribution in [3.8, 4) is 11.5 Å². The topological polar surface area (TPSA) is 84.2 Å². The molecule has 0 saturated carbocycles. The molecule has 0 fully saturated rings. The third-order valence-corrected chi connectivity index (χ3v) is 3.62. The van der Waals surface area contributed by atoms with Crippen LogP contribution in [0.15, 0.2) is 42.7 Å². The van der Waals surface area contributed by atoms with Crippen LogP contribution in [-0.2, 0) is 6.42 Å². The molecule has 114 valence electrons. The van der Waals surface area contributed by atoms with Crippen LogP contribution in [0.1, 0.15) is 11.1 Å². The van der Waals surface area contributed by atoms with E-state index in [2.05, 4.69) is 9.97 Å². The van der Waals surface area contributed by atoms with Gasteiger partial charge in [0.05, 0.1) is 12.0 Å². The van der Waals surface area contributed by atoms with Crippen molar-refractivity contribution >= 4 is 11.0 Å². The Balaban J connectivity index is 1.82. The first-order valence-corrected chi connectivity index (χ1v) is 7.23. The van der Waals surface area contributed by atoms with Crippen molar-refractivity contribution in [3.05, 3.63) is 53.9 Å². The van der Waals surface area contributed by atoms with Crippen molar-refractivity contribution in [1.82, 2.24) is 9.97 Å². The molecule has 0 unspecified atom stereocenters. The van der Waals surface area contributed by atoms with Gasteiger partial charge in [-0.25, -0.2) is 4.98 Å². The summed E-state index contributed by atoms with van der Waals surface area (Å²) in [5.41, 5.74) is 8.74. The summed E-state index contributed by atoms with van der Waals surface area (Å²) in [6, 6.07) is 9.38. The van der Waals surface area contributed by atoms with Crippen LogP contribution >= 0.6 is 0 Å². The van der Waals surface area contributed by atoms with Crippen molar-refractivity contribution in [2.75, 3.05) is 6.61 Å². The summed E-state index contributed by atoms with van der Waals surface area (Å²) in [4.78, 5) is 7.41. The zero-order valence-electron chi connectivity index (χ0n) is 12.4. The number of nitrogens with two attached hydrogens (primary N) is 1. The first kappa shape index (κ1) is 14.6. The van der Waals surface area contributed by atoms with Gasteiger partial charge in [-0.3, -0.25) is 0 Å². The normalized spacial score (nSPS) is 12.5. The lowest BCUT2D eigenvalue weighted by molar-refractivity contribution is 0.265. The van der Waals surface area contributed by atoms with Crippen LogP contribution in [0.5, 0.6) is 11.5 Å². The molecule has 2 aromatic heterocycles. The number of aromatic amines is 1. The number of nitrogens with one attached hydrogen (secondary N) is 1. The molecule has 1 aromatic carbocycles. The van der Waals surface area contributed by atoms with Crippen LogP contribution in [0.3, 0.4) is 0 Å². The van der Waals surface area contributed by atoms with Gasteiger partial charge in [-0.1, -0.05) is 12.1 Å². The smallest absolute Gasteiger partial charge is 0.141 e. The fourth-order valence-electron chi connectivity index (χ4n) is 2.46. The third kappa shape index (κ3) is 2.95. The molecule has 0 saturated heterocycles. The van der Waals surface area contributed by atoms with Gasteiger partial charge in [0.1, 0.15) is 17.1 Å². The fraction of sp³-hybridized carbons (Fsp3) is 0.235. The molecule has 0 aliphatic heterocycles. The van der Waals surface area contributed by atoms with Crippen LogP contribution in [0.25, 0.3) is 11.0 Å². The van der Waals surface area contributed by atoms with E-state index in [-0.39, 0.29) is 12.6 Å². The second kappa shape index (κ2) is 6.17. The molecule has 0 aliphatic rings. The summed E-state index contributed by atoms with van der Waals surface area (Å²) in [6.45, 7) is 2.01. The maximum absolute atomic E-state index is 8.99. The van der Waals surface area contributed by atoms with E-state index in [1.54, 1.807) is 6.20 Å². The van der Waals surface area contributed by atoms with Crippen molar-refractivity contribution in [1.29, 1.82) is 0 Å². The Morgan fingerprint density at radius 2 is 2.05 bits per heavy atom. The summed E-state index contributed by atoms with van der Waals surface area (Å²) in [6.07, 6.45) is 4.29. The van der Waals surface area contributed by atoms with Crippen molar-refractivity contribution in [2.24, 2.45) is 5.73 Å². The van der Waals surface area contributed by atoms with Gasteiger partial charge < -0.3 is 20.6 Å². The molecule has 0 aliphatic carbocycles. The highest BCUT2D eigenvalue weighted by Crippen LogP contribution is 2.30. The lowest BCUT2D eigenvalue weighted by Crippen LogP contribution is -2.26. The second-order valence-corrected chi connectivity index (χ2v) is 5.40. The number of fused-ring (bicyclic) bond motifs is 1. The van der Waals surface area contributed by atoms with Gasteiger partial charge in [-0.2, -0.15) is 0 Å². The number of hydrogen-bond acceptors (Lipinski definition) is 4. The number of nitrogens with zero attached hydrogens (tertiary/aromatic N) is 1. The number of ether oxygens (including phenoxy) is 1. The Bertz CT molecular complexity index is 765. The van der Waals surface area contributed by atoms with E-state index in [0.717, 1.165) is 33.7 Å². The van der Waals surface area contributed by atoms with Gasteiger partial charge in [-0.05, 0) is 42.7 Å². The summed E-state index contributed by atoms with van der Waals surface area (Å²) in [7, 11) is 0. The predicted octanol–water partition coefficient (Wildman–Crippen LogP) is 2.53. The SMILES string of the molecule is Cc1c[nH]c2nccc(Oc3ccc(C[C@H](N)CO)cc3)c12. The third-order valence-electron chi connectivity index (χ3n) is 3.62. The van der Waals surface area contributed by atoms with E-state index in [1.165, 1.54) is 0 Å². The highest BCUT2D eigenvalue weighted by molar-refractivity contribution is 5.86. The Labute approximate surface area is 128 Å². The van der Waals surface area contributed by atoms with Crippen LogP contribution < -0.4 is 10.5 Å². The standard InChI is InChI=1S/C17H19N3O2/c1-11-9-20-17-16(11)15(6-7-19-17)22-14-4-2-12(3-5-14)8-13(18)10-21/h2-7,9,13,21H,8,10,18H2,1H3,(H,19,20)/t13-/m0/s1. The van der Waals surface area contributed by atoms with Crippen molar-refractivity contribution in [2.45, 2.75) is 19.4 Å². The van der Waals surface area contributed by atoms with E-state index in [4.69, 9.17) is 15.6 Å². The number of rotatable bonds is 5. The zero-order chi connectivity index (χ0) is 15.5. The van der Waals surface area contributed by atoms with Crippen LogP contribution in [0, 0.1) is 6.92 Å². The Morgan fingerprint density at radius 3 is 2.77 bits per heavy atom. The first-order chi connectivity index (χ1) is 10.7. The second-order valence-electron chi connectivity index (χ2n) is 5.40. The highest BCUT2D eigenvalue weighted by Gasteiger charge is 2.09. The number of aryl methyl sites for hydroxylation is 1. The monoisotopic (exact) mass is 297 g/mol. The number of hydrogen-bond donors (Lipinski definition) is 3. The largest absolute Gasteiger partial charge is 0.457 e. The van der Waals surface area contributed by atoms with E-state index in [9.17, 15) is 0 Å². The predicted molar refractivity (Wildman–Crippen MR) is 86.1 cm³/mol. The van der Waals surface area contributed by atoms with Crippen LogP contribution in [-0.4, -0.2) is 27.7 Å². The molecule has 0 radical (unpaired) electrons. The summed E-state index contributed by atoms with van der Waals surface area (Å²) >= 11 is 0. The average Bonchev–Trinajstić information content (AvgIpc) is 2.92. The minimum atomic E-state index is -0.228. The van der Waals surface area contributed by atoms with E-state index >= 15 is 0 Å². The molecule has 0 amide bonds. The molecule has 5 heteroatoms. The molecular formula is C17H19N3O2. The molecule has 0 bridgehead atoms. The molecule has 2 heterocycles. The van der Waals surface area contributed by atoms with E-state index in [0.29, 0.717) is 6.42 Å². The zero-order valence-corrected chi connectivity index (χ0v) is 12.4. The number of aromatic nitrogens is 2. The first-order valence-electron chi connectivity index (χ1n) is 7.23.